The number of methoxy groups -OCH3 is 1. The Morgan fingerprint density at radius 1 is 0.762 bits per heavy atom. The Morgan fingerprint density at radius 3 is 1.90 bits per heavy atom. The summed E-state index contributed by atoms with van der Waals surface area (Å²) in [6.07, 6.45) is 2.27. The van der Waals surface area contributed by atoms with Gasteiger partial charge in [-0.25, -0.2) is 0 Å². The maximum atomic E-state index is 8.96. The van der Waals surface area contributed by atoms with E-state index >= 15 is 0 Å². The Labute approximate surface area is 129 Å². The summed E-state index contributed by atoms with van der Waals surface area (Å²) >= 11 is 0. The van der Waals surface area contributed by atoms with Crippen molar-refractivity contribution in [1.29, 1.82) is 0 Å². The first kappa shape index (κ1) is 20.8. The largest absolute Gasteiger partial charge is 0.395 e. The lowest BCUT2D eigenvalue weighted by atomic mass is 10.4. The van der Waals surface area contributed by atoms with Crippen LogP contribution in [0.25, 0.3) is 0 Å². The summed E-state index contributed by atoms with van der Waals surface area (Å²) in [5.74, 6) is 0. The zero-order valence-electron chi connectivity index (χ0n) is 13.7. The van der Waals surface area contributed by atoms with Gasteiger partial charge in [0.25, 0.3) is 0 Å². The highest BCUT2D eigenvalue weighted by molar-refractivity contribution is 4.55. The molecule has 0 unspecified atom stereocenters. The molecule has 0 amide bonds. The minimum atomic E-state index is 0.158. The number of ether oxygens (including phenoxy) is 4. The molecule has 0 aromatic heterocycles. The first-order valence-electron chi connectivity index (χ1n) is 7.90. The highest BCUT2D eigenvalue weighted by Gasteiger charge is 2.03. The number of hydrogen-bond acceptors (Lipinski definition) is 6. The number of aliphatic hydroxyl groups is 1. The van der Waals surface area contributed by atoms with Gasteiger partial charge in [-0.3, -0.25) is 4.90 Å². The van der Waals surface area contributed by atoms with Gasteiger partial charge in [-0.15, -0.1) is 0 Å². The van der Waals surface area contributed by atoms with Gasteiger partial charge < -0.3 is 24.1 Å². The lowest BCUT2D eigenvalue weighted by Gasteiger charge is -2.20. The van der Waals surface area contributed by atoms with Crippen LogP contribution in [0.2, 0.25) is 0 Å². The van der Waals surface area contributed by atoms with Gasteiger partial charge in [0.05, 0.1) is 46.2 Å². The van der Waals surface area contributed by atoms with E-state index in [-0.39, 0.29) is 6.61 Å². The molecule has 0 bridgehead atoms. The fraction of sp³-hybridized carbons (Fsp3) is 1.00. The summed E-state index contributed by atoms with van der Waals surface area (Å²) in [6.45, 7) is 9.15. The van der Waals surface area contributed by atoms with E-state index in [9.17, 15) is 0 Å². The Kier molecular flexibility index (Phi) is 17.6. The molecule has 6 nitrogen and oxygen atoms in total. The number of hydrogen-bond donors (Lipinski definition) is 1. The molecule has 0 saturated heterocycles. The van der Waals surface area contributed by atoms with Crippen LogP contribution in [-0.4, -0.2) is 89.6 Å². The van der Waals surface area contributed by atoms with Crippen molar-refractivity contribution < 1.29 is 24.1 Å². The molecule has 0 atom stereocenters. The van der Waals surface area contributed by atoms with Crippen LogP contribution < -0.4 is 0 Å². The van der Waals surface area contributed by atoms with Gasteiger partial charge in [0.2, 0.25) is 0 Å². The summed E-state index contributed by atoms with van der Waals surface area (Å²) in [6, 6.07) is 0. The molecular weight excluding hydrogens is 274 g/mol. The molecule has 0 aliphatic carbocycles. The van der Waals surface area contributed by atoms with Crippen LogP contribution >= 0.6 is 0 Å². The van der Waals surface area contributed by atoms with Gasteiger partial charge in [0, 0.05) is 33.4 Å². The molecule has 0 heterocycles. The predicted octanol–water partition coefficient (Wildman–Crippen LogP) is 0.777. The van der Waals surface area contributed by atoms with Crippen LogP contribution in [0.4, 0.5) is 0 Å². The average molecular weight is 307 g/mol. The summed E-state index contributed by atoms with van der Waals surface area (Å²) in [5.41, 5.74) is 0. The van der Waals surface area contributed by atoms with Crippen molar-refractivity contribution in [3.63, 3.8) is 0 Å². The van der Waals surface area contributed by atoms with E-state index in [1.807, 2.05) is 0 Å². The molecule has 1 N–H and O–H groups in total. The quantitative estimate of drug-likeness (QED) is 0.401. The molecule has 0 aromatic rings. The van der Waals surface area contributed by atoms with Gasteiger partial charge in [-0.05, 0) is 6.42 Å². The topological polar surface area (TPSA) is 60.4 Å². The molecule has 21 heavy (non-hydrogen) atoms. The van der Waals surface area contributed by atoms with Gasteiger partial charge in [-0.2, -0.15) is 0 Å². The van der Waals surface area contributed by atoms with E-state index in [4.69, 9.17) is 24.1 Å². The molecule has 0 rings (SSSR count). The SMILES string of the molecule is CCCCOCCOCCOCCN(CCO)CCOC. The monoisotopic (exact) mass is 307 g/mol. The number of rotatable bonds is 17. The van der Waals surface area contributed by atoms with Crippen molar-refractivity contribution in [2.45, 2.75) is 19.8 Å². The number of aliphatic hydroxyl groups excluding tert-OH is 1. The van der Waals surface area contributed by atoms with Gasteiger partial charge in [0.15, 0.2) is 0 Å². The van der Waals surface area contributed by atoms with E-state index in [0.717, 1.165) is 32.5 Å². The standard InChI is InChI=1S/C15H33NO5/c1-3-4-9-19-12-14-21-15-13-20-11-7-16(5-8-17)6-10-18-2/h17H,3-15H2,1-2H3. The third-order valence-corrected chi connectivity index (χ3v) is 2.97. The molecule has 0 fully saturated rings. The predicted molar refractivity (Wildman–Crippen MR) is 82.8 cm³/mol. The highest BCUT2D eigenvalue weighted by Crippen LogP contribution is 1.90. The van der Waals surface area contributed by atoms with E-state index in [0.29, 0.717) is 46.2 Å². The van der Waals surface area contributed by atoms with Gasteiger partial charge in [0.1, 0.15) is 0 Å². The van der Waals surface area contributed by atoms with Crippen molar-refractivity contribution in [1.82, 2.24) is 4.90 Å². The zero-order valence-corrected chi connectivity index (χ0v) is 13.7. The third-order valence-electron chi connectivity index (χ3n) is 2.97. The van der Waals surface area contributed by atoms with E-state index < -0.39 is 0 Å². The van der Waals surface area contributed by atoms with E-state index in [2.05, 4.69) is 11.8 Å². The van der Waals surface area contributed by atoms with E-state index in [1.165, 1.54) is 0 Å². The normalized spacial score (nSPS) is 11.4. The maximum Gasteiger partial charge on any atom is 0.0701 e. The minimum Gasteiger partial charge on any atom is -0.395 e. The fourth-order valence-corrected chi connectivity index (χ4v) is 1.68. The Hall–Kier alpha value is -0.240. The smallest absolute Gasteiger partial charge is 0.0701 e. The lowest BCUT2D eigenvalue weighted by Crippen LogP contribution is -2.33. The summed E-state index contributed by atoms with van der Waals surface area (Å²) in [4.78, 5) is 2.12. The lowest BCUT2D eigenvalue weighted by molar-refractivity contribution is 0.00836. The Morgan fingerprint density at radius 2 is 1.33 bits per heavy atom. The van der Waals surface area contributed by atoms with Crippen molar-refractivity contribution in [3.8, 4) is 0 Å². The highest BCUT2D eigenvalue weighted by atomic mass is 16.5. The maximum absolute atomic E-state index is 8.96. The number of unbranched alkanes of at least 4 members (excludes halogenated alkanes) is 1. The molecule has 0 aliphatic rings. The van der Waals surface area contributed by atoms with Crippen LogP contribution in [0.1, 0.15) is 19.8 Å². The second kappa shape index (κ2) is 17.8. The molecule has 0 saturated carbocycles. The second-order valence-corrected chi connectivity index (χ2v) is 4.75. The Bertz CT molecular complexity index is 195. The van der Waals surface area contributed by atoms with Crippen LogP contribution in [0.3, 0.4) is 0 Å². The van der Waals surface area contributed by atoms with Crippen molar-refractivity contribution in [3.05, 3.63) is 0 Å². The molecule has 6 heteroatoms. The minimum absolute atomic E-state index is 0.158. The molecule has 128 valence electrons. The van der Waals surface area contributed by atoms with Gasteiger partial charge >= 0.3 is 0 Å². The summed E-state index contributed by atoms with van der Waals surface area (Å²) in [5, 5.41) is 8.96. The molecular formula is C15H33NO5. The first-order valence-corrected chi connectivity index (χ1v) is 7.90. The van der Waals surface area contributed by atoms with Crippen molar-refractivity contribution in [2.24, 2.45) is 0 Å². The average Bonchev–Trinajstić information content (AvgIpc) is 2.50. The van der Waals surface area contributed by atoms with Crippen LogP contribution in [0, 0.1) is 0 Å². The van der Waals surface area contributed by atoms with Crippen molar-refractivity contribution >= 4 is 0 Å². The molecule has 0 spiro atoms. The van der Waals surface area contributed by atoms with Crippen LogP contribution in [-0.2, 0) is 18.9 Å². The summed E-state index contributed by atoms with van der Waals surface area (Å²) in [7, 11) is 1.68. The Balaban J connectivity index is 3.25. The molecule has 0 aliphatic heterocycles. The van der Waals surface area contributed by atoms with E-state index in [1.54, 1.807) is 7.11 Å². The third kappa shape index (κ3) is 16.0. The second-order valence-electron chi connectivity index (χ2n) is 4.75. The summed E-state index contributed by atoms with van der Waals surface area (Å²) < 4.78 is 21.3. The van der Waals surface area contributed by atoms with Crippen LogP contribution in [0.15, 0.2) is 0 Å². The van der Waals surface area contributed by atoms with Crippen LogP contribution in [0.5, 0.6) is 0 Å². The molecule has 0 aromatic carbocycles. The first-order chi connectivity index (χ1) is 10.3. The number of nitrogens with zero attached hydrogens (tertiary/aromatic N) is 1. The zero-order chi connectivity index (χ0) is 15.6. The molecule has 0 radical (unpaired) electrons. The fourth-order valence-electron chi connectivity index (χ4n) is 1.68. The van der Waals surface area contributed by atoms with Gasteiger partial charge in [-0.1, -0.05) is 13.3 Å². The van der Waals surface area contributed by atoms with Crippen molar-refractivity contribution in [2.75, 3.05) is 79.6 Å².